The van der Waals surface area contributed by atoms with E-state index in [0.717, 1.165) is 11.1 Å². The number of nitrogens with zero attached hydrogens (tertiary/aromatic N) is 4. The minimum atomic E-state index is -0.423. The molecule has 6 nitrogen and oxygen atoms in total. The molecule has 0 unspecified atom stereocenters. The van der Waals surface area contributed by atoms with Crippen molar-refractivity contribution in [2.75, 3.05) is 18.5 Å². The Balaban J connectivity index is 2.64. The summed E-state index contributed by atoms with van der Waals surface area (Å²) in [5.41, 5.74) is 1.95. The fraction of sp³-hybridized carbons (Fsp3) is 0.286. The molecule has 1 aromatic heterocycles. The van der Waals surface area contributed by atoms with Crippen LogP contribution in [0, 0.1) is 28.4 Å². The molecule has 0 aliphatic carbocycles. The van der Waals surface area contributed by atoms with Crippen LogP contribution in [-0.4, -0.2) is 23.5 Å². The molecule has 2 rings (SSSR count). The Labute approximate surface area is 116 Å². The third-order valence-electron chi connectivity index (χ3n) is 3.09. The summed E-state index contributed by atoms with van der Waals surface area (Å²) in [6, 6.07) is 8.89. The summed E-state index contributed by atoms with van der Waals surface area (Å²) in [5, 5.41) is 20.5. The standard InChI is InChI=1S/C14H14N4O2/c1-10-9-13(17(2)8-4-7-15)11-5-3-6-12(18(19)20)14(11)16-10/h3,5-6,9H,4,8H2,1-2H3. The van der Waals surface area contributed by atoms with Crippen LogP contribution in [0.1, 0.15) is 12.1 Å². The third-order valence-corrected chi connectivity index (χ3v) is 3.09. The zero-order valence-electron chi connectivity index (χ0n) is 11.3. The van der Waals surface area contributed by atoms with Crippen LogP contribution in [0.5, 0.6) is 0 Å². The minimum Gasteiger partial charge on any atom is -0.373 e. The molecule has 0 aliphatic rings. The van der Waals surface area contributed by atoms with Crippen LogP contribution in [0.3, 0.4) is 0 Å². The summed E-state index contributed by atoms with van der Waals surface area (Å²) < 4.78 is 0. The highest BCUT2D eigenvalue weighted by Crippen LogP contribution is 2.31. The second-order valence-corrected chi connectivity index (χ2v) is 4.54. The Bertz CT molecular complexity index is 706. The second kappa shape index (κ2) is 5.53. The van der Waals surface area contributed by atoms with Crippen molar-refractivity contribution in [3.63, 3.8) is 0 Å². The van der Waals surface area contributed by atoms with Gasteiger partial charge in [0.1, 0.15) is 0 Å². The van der Waals surface area contributed by atoms with E-state index in [0.29, 0.717) is 24.2 Å². The van der Waals surface area contributed by atoms with Gasteiger partial charge >= 0.3 is 0 Å². The van der Waals surface area contributed by atoms with Crippen LogP contribution >= 0.6 is 0 Å². The van der Waals surface area contributed by atoms with Crippen molar-refractivity contribution in [2.45, 2.75) is 13.3 Å². The molecule has 0 bridgehead atoms. The van der Waals surface area contributed by atoms with Gasteiger partial charge in [0.15, 0.2) is 5.52 Å². The van der Waals surface area contributed by atoms with Crippen LogP contribution in [0.15, 0.2) is 24.3 Å². The third kappa shape index (κ3) is 2.52. The molecule has 0 N–H and O–H groups in total. The zero-order chi connectivity index (χ0) is 14.7. The monoisotopic (exact) mass is 270 g/mol. The molecular formula is C14H14N4O2. The molecule has 2 aromatic rings. The molecule has 0 fully saturated rings. The van der Waals surface area contributed by atoms with E-state index < -0.39 is 4.92 Å². The van der Waals surface area contributed by atoms with Gasteiger partial charge in [-0.05, 0) is 13.0 Å². The van der Waals surface area contributed by atoms with E-state index in [9.17, 15) is 10.1 Å². The van der Waals surface area contributed by atoms with Crippen LogP contribution < -0.4 is 4.90 Å². The molecule has 0 radical (unpaired) electrons. The quantitative estimate of drug-likeness (QED) is 0.630. The number of aromatic nitrogens is 1. The number of para-hydroxylation sites is 1. The van der Waals surface area contributed by atoms with E-state index >= 15 is 0 Å². The molecule has 0 amide bonds. The molecule has 0 saturated heterocycles. The topological polar surface area (TPSA) is 83.1 Å². The van der Waals surface area contributed by atoms with Crippen molar-refractivity contribution in [3.05, 3.63) is 40.1 Å². The number of non-ortho nitro benzene ring substituents is 1. The number of anilines is 1. The number of hydrogen-bond acceptors (Lipinski definition) is 5. The predicted octanol–water partition coefficient (Wildman–Crippen LogP) is 2.80. The van der Waals surface area contributed by atoms with E-state index in [1.807, 2.05) is 24.1 Å². The fourth-order valence-corrected chi connectivity index (χ4v) is 2.14. The van der Waals surface area contributed by atoms with Crippen LogP contribution in [0.4, 0.5) is 11.4 Å². The van der Waals surface area contributed by atoms with Gasteiger partial charge in [0.2, 0.25) is 0 Å². The smallest absolute Gasteiger partial charge is 0.295 e. The van der Waals surface area contributed by atoms with E-state index in [1.54, 1.807) is 13.0 Å². The van der Waals surface area contributed by atoms with Crippen molar-refractivity contribution < 1.29 is 4.92 Å². The number of nitriles is 1. The van der Waals surface area contributed by atoms with Gasteiger partial charge in [-0.25, -0.2) is 4.98 Å². The van der Waals surface area contributed by atoms with Crippen molar-refractivity contribution >= 4 is 22.3 Å². The van der Waals surface area contributed by atoms with Gasteiger partial charge in [0, 0.05) is 36.4 Å². The maximum atomic E-state index is 11.1. The Morgan fingerprint density at radius 1 is 1.50 bits per heavy atom. The Kier molecular flexibility index (Phi) is 3.80. The molecule has 0 spiro atoms. The van der Waals surface area contributed by atoms with Gasteiger partial charge in [-0.3, -0.25) is 10.1 Å². The van der Waals surface area contributed by atoms with Crippen molar-refractivity contribution in [2.24, 2.45) is 0 Å². The molecule has 0 saturated carbocycles. The lowest BCUT2D eigenvalue weighted by Gasteiger charge is -2.20. The van der Waals surface area contributed by atoms with Crippen LogP contribution in [0.25, 0.3) is 10.9 Å². The number of pyridine rings is 1. The maximum Gasteiger partial charge on any atom is 0.295 e. The highest BCUT2D eigenvalue weighted by atomic mass is 16.6. The lowest BCUT2D eigenvalue weighted by atomic mass is 10.1. The van der Waals surface area contributed by atoms with Gasteiger partial charge in [-0.2, -0.15) is 5.26 Å². The van der Waals surface area contributed by atoms with Crippen LogP contribution in [0.2, 0.25) is 0 Å². The predicted molar refractivity (Wildman–Crippen MR) is 76.6 cm³/mol. The first kappa shape index (κ1) is 13.7. The van der Waals surface area contributed by atoms with Crippen molar-refractivity contribution in [3.8, 4) is 6.07 Å². The van der Waals surface area contributed by atoms with E-state index in [4.69, 9.17) is 5.26 Å². The molecule has 1 heterocycles. The second-order valence-electron chi connectivity index (χ2n) is 4.54. The van der Waals surface area contributed by atoms with E-state index in [1.165, 1.54) is 6.07 Å². The average molecular weight is 270 g/mol. The van der Waals surface area contributed by atoms with Gasteiger partial charge < -0.3 is 4.90 Å². The SMILES string of the molecule is Cc1cc(N(C)CCC#N)c2cccc([N+](=O)[O-])c2n1. The van der Waals surface area contributed by atoms with E-state index in [2.05, 4.69) is 11.1 Å². The van der Waals surface area contributed by atoms with Gasteiger partial charge in [0.05, 0.1) is 17.4 Å². The minimum absolute atomic E-state index is 0.00105. The average Bonchev–Trinajstić information content (AvgIpc) is 2.42. The number of aryl methyl sites for hydroxylation is 1. The number of nitro benzene ring substituents is 1. The van der Waals surface area contributed by atoms with E-state index in [-0.39, 0.29) is 5.69 Å². The largest absolute Gasteiger partial charge is 0.373 e. The summed E-state index contributed by atoms with van der Waals surface area (Å²) in [4.78, 5) is 16.9. The molecule has 20 heavy (non-hydrogen) atoms. The van der Waals surface area contributed by atoms with Crippen molar-refractivity contribution in [1.29, 1.82) is 5.26 Å². The summed E-state index contributed by atoms with van der Waals surface area (Å²) >= 11 is 0. The Hall–Kier alpha value is -2.68. The lowest BCUT2D eigenvalue weighted by molar-refractivity contribution is -0.383. The molecular weight excluding hydrogens is 256 g/mol. The number of rotatable bonds is 4. The summed E-state index contributed by atoms with van der Waals surface area (Å²) in [6.07, 6.45) is 0.397. The number of nitro groups is 1. The van der Waals surface area contributed by atoms with Gasteiger partial charge in [0.25, 0.3) is 5.69 Å². The van der Waals surface area contributed by atoms with Gasteiger partial charge in [-0.15, -0.1) is 0 Å². The van der Waals surface area contributed by atoms with Crippen molar-refractivity contribution in [1.82, 2.24) is 4.98 Å². The number of benzene rings is 1. The molecule has 6 heteroatoms. The molecule has 0 atom stereocenters. The number of fused-ring (bicyclic) bond motifs is 1. The Morgan fingerprint density at radius 2 is 2.25 bits per heavy atom. The first-order valence-electron chi connectivity index (χ1n) is 6.17. The van der Waals surface area contributed by atoms with Gasteiger partial charge in [-0.1, -0.05) is 12.1 Å². The fourth-order valence-electron chi connectivity index (χ4n) is 2.14. The molecule has 102 valence electrons. The highest BCUT2D eigenvalue weighted by molar-refractivity contribution is 5.97. The normalized spacial score (nSPS) is 10.2. The highest BCUT2D eigenvalue weighted by Gasteiger charge is 2.17. The first-order valence-corrected chi connectivity index (χ1v) is 6.17. The molecule has 0 aliphatic heterocycles. The molecule has 1 aromatic carbocycles. The summed E-state index contributed by atoms with van der Waals surface area (Å²) in [5.74, 6) is 0. The summed E-state index contributed by atoms with van der Waals surface area (Å²) in [6.45, 7) is 2.37. The first-order chi connectivity index (χ1) is 9.54. The zero-order valence-corrected chi connectivity index (χ0v) is 11.3. The maximum absolute atomic E-state index is 11.1. The number of hydrogen-bond donors (Lipinski definition) is 0. The summed E-state index contributed by atoms with van der Waals surface area (Å²) in [7, 11) is 1.87. The Morgan fingerprint density at radius 3 is 2.90 bits per heavy atom. The lowest BCUT2D eigenvalue weighted by Crippen LogP contribution is -2.18. The van der Waals surface area contributed by atoms with Crippen LogP contribution in [-0.2, 0) is 0 Å².